The molecule has 1 radical (unpaired) electrons. The minimum Gasteiger partial charge on any atom is -0.428 e. The van der Waals surface area contributed by atoms with Crippen LogP contribution in [0.1, 0.15) is 86.6 Å². The molecular formula is C28H42BN2O3S. The zero-order chi connectivity index (χ0) is 26.6. The van der Waals surface area contributed by atoms with Crippen LogP contribution in [-0.2, 0) is 19.7 Å². The Morgan fingerprint density at radius 1 is 1.26 bits per heavy atom. The molecule has 2 aliphatic heterocycles. The van der Waals surface area contributed by atoms with Crippen LogP contribution in [0.15, 0.2) is 18.2 Å². The molecule has 1 spiro atoms. The Hall–Kier alpha value is -1.91. The predicted octanol–water partition coefficient (Wildman–Crippen LogP) is 4.49. The molecule has 2 aliphatic rings. The zero-order valence-electron chi connectivity index (χ0n) is 22.8. The largest absolute Gasteiger partial charge is 0.428 e. The van der Waals surface area contributed by atoms with Gasteiger partial charge in [0.05, 0.1) is 11.0 Å². The van der Waals surface area contributed by atoms with Crippen LogP contribution in [0.2, 0.25) is 0 Å². The van der Waals surface area contributed by atoms with Crippen LogP contribution < -0.4 is 10.4 Å². The van der Waals surface area contributed by atoms with Gasteiger partial charge in [0.15, 0.2) is 0 Å². The van der Waals surface area contributed by atoms with E-state index >= 15 is 0 Å². The Bertz CT molecular complexity index is 956. The second-order valence-electron chi connectivity index (χ2n) is 10.3. The number of hydrogen-bond donors (Lipinski definition) is 1. The molecule has 1 fully saturated rings. The summed E-state index contributed by atoms with van der Waals surface area (Å²) in [5.74, 6) is 2.92. The Balaban J connectivity index is 0.00000210. The first-order valence-corrected chi connectivity index (χ1v) is 13.2. The van der Waals surface area contributed by atoms with E-state index < -0.39 is 11.0 Å². The molecule has 35 heavy (non-hydrogen) atoms. The molecule has 1 aromatic rings. The lowest BCUT2D eigenvalue weighted by atomic mass is 9.72. The molecular weight excluding hydrogens is 455 g/mol. The first-order chi connectivity index (χ1) is 16.4. The first kappa shape index (κ1) is 29.3. The summed E-state index contributed by atoms with van der Waals surface area (Å²) in [7, 11) is 1.76. The highest BCUT2D eigenvalue weighted by atomic mass is 32.1. The Morgan fingerprint density at radius 3 is 2.34 bits per heavy atom. The van der Waals surface area contributed by atoms with Crippen LogP contribution in [0.4, 0.5) is 5.69 Å². The molecule has 1 saturated heterocycles. The Kier molecular flexibility index (Phi) is 9.58. The normalized spacial score (nSPS) is 17.9. The van der Waals surface area contributed by atoms with Gasteiger partial charge in [0.2, 0.25) is 11.8 Å². The van der Waals surface area contributed by atoms with Crippen molar-refractivity contribution in [2.45, 2.75) is 103 Å². The van der Waals surface area contributed by atoms with E-state index in [2.05, 4.69) is 31.5 Å². The van der Waals surface area contributed by atoms with Crippen LogP contribution in [0, 0.1) is 12.3 Å². The van der Waals surface area contributed by atoms with E-state index in [1.165, 1.54) is 0 Å². The Morgan fingerprint density at radius 2 is 1.86 bits per heavy atom. The molecule has 0 bridgehead atoms. The standard InChI is InChI=1S/C26H36BN2O3S.C2H6/c1-8-10-20(9-2)29-22-17-19(27-32-24(4,5)25(6,7)33)11-12-21(22)26(23(29)31)13-15-28(16-14-26)18(3)30;1-2/h1,11-12,17,20,33H,9-10,13-16H2,2-7H3;1-2H3. The number of rotatable bonds is 7. The van der Waals surface area contributed by atoms with Crippen LogP contribution >= 0.6 is 12.6 Å². The van der Waals surface area contributed by atoms with Crippen molar-refractivity contribution >= 4 is 43.1 Å². The van der Waals surface area contributed by atoms with Crippen molar-refractivity contribution in [3.05, 3.63) is 23.8 Å². The highest BCUT2D eigenvalue weighted by Gasteiger charge is 2.53. The van der Waals surface area contributed by atoms with Gasteiger partial charge in [0, 0.05) is 42.9 Å². The average Bonchev–Trinajstić information content (AvgIpc) is 3.04. The third-order valence-electron chi connectivity index (χ3n) is 7.64. The summed E-state index contributed by atoms with van der Waals surface area (Å²) in [4.78, 5) is 29.6. The molecule has 5 nitrogen and oxygen atoms in total. The second-order valence-corrected chi connectivity index (χ2v) is 11.4. The zero-order valence-corrected chi connectivity index (χ0v) is 23.7. The maximum absolute atomic E-state index is 14.0. The molecule has 3 rings (SSSR count). The number of hydrogen-bond acceptors (Lipinski definition) is 4. The highest BCUT2D eigenvalue weighted by Crippen LogP contribution is 2.49. The second kappa shape index (κ2) is 11.4. The fourth-order valence-electron chi connectivity index (χ4n) is 4.64. The maximum atomic E-state index is 14.0. The third kappa shape index (κ3) is 5.75. The van der Waals surface area contributed by atoms with Crippen molar-refractivity contribution in [2.24, 2.45) is 0 Å². The molecule has 1 unspecified atom stereocenters. The lowest BCUT2D eigenvalue weighted by molar-refractivity contribution is -0.134. The van der Waals surface area contributed by atoms with Gasteiger partial charge in [-0.05, 0) is 58.6 Å². The van der Waals surface area contributed by atoms with Crippen LogP contribution in [0.3, 0.4) is 0 Å². The predicted molar refractivity (Wildman–Crippen MR) is 150 cm³/mol. The number of likely N-dealkylation sites (tertiary alicyclic amines) is 1. The van der Waals surface area contributed by atoms with Gasteiger partial charge in [-0.15, -0.1) is 12.3 Å². The van der Waals surface area contributed by atoms with Crippen molar-refractivity contribution in [1.82, 2.24) is 4.90 Å². The number of benzene rings is 1. The van der Waals surface area contributed by atoms with E-state index in [0.29, 0.717) is 32.4 Å². The Labute approximate surface area is 219 Å². The summed E-state index contributed by atoms with van der Waals surface area (Å²) in [6, 6.07) is 6.06. The SMILES string of the molecule is C#CCC(CC)N1C(=O)C2(CCN(C(C)=O)CC2)c2ccc([B]OC(C)(C)C(C)(C)S)cc21.CC. The van der Waals surface area contributed by atoms with Crippen LogP contribution in [0.5, 0.6) is 0 Å². The van der Waals surface area contributed by atoms with Gasteiger partial charge in [-0.1, -0.05) is 38.4 Å². The van der Waals surface area contributed by atoms with Crippen LogP contribution in [0.25, 0.3) is 0 Å². The maximum Gasteiger partial charge on any atom is 0.330 e. The molecule has 2 amide bonds. The fraction of sp³-hybridized carbons (Fsp3) is 0.643. The van der Waals surface area contributed by atoms with Gasteiger partial charge in [-0.25, -0.2) is 0 Å². The third-order valence-corrected chi connectivity index (χ3v) is 8.18. The molecule has 2 heterocycles. The van der Waals surface area contributed by atoms with Crippen molar-refractivity contribution in [3.63, 3.8) is 0 Å². The van der Waals surface area contributed by atoms with Gasteiger partial charge in [0.1, 0.15) is 0 Å². The van der Waals surface area contributed by atoms with Gasteiger partial charge in [0.25, 0.3) is 0 Å². The number of carbonyl (C=O) groups is 2. The monoisotopic (exact) mass is 497 g/mol. The molecule has 0 saturated carbocycles. The summed E-state index contributed by atoms with van der Waals surface area (Å²) in [6.45, 7) is 16.9. The number of fused-ring (bicyclic) bond motifs is 2. The lowest BCUT2D eigenvalue weighted by Gasteiger charge is -2.38. The topological polar surface area (TPSA) is 49.9 Å². The van der Waals surface area contributed by atoms with Crippen molar-refractivity contribution in [1.29, 1.82) is 0 Å². The van der Waals surface area contributed by atoms with Gasteiger partial charge in [-0.2, -0.15) is 12.6 Å². The number of thiol groups is 1. The van der Waals surface area contributed by atoms with Crippen LogP contribution in [-0.4, -0.2) is 53.7 Å². The summed E-state index contributed by atoms with van der Waals surface area (Å²) >= 11 is 4.68. The molecule has 1 aromatic carbocycles. The van der Waals surface area contributed by atoms with Gasteiger partial charge < -0.3 is 14.5 Å². The molecule has 0 N–H and O–H groups in total. The van der Waals surface area contributed by atoms with Crippen molar-refractivity contribution in [3.8, 4) is 12.3 Å². The number of anilines is 1. The van der Waals surface area contributed by atoms with Crippen molar-refractivity contribution < 1.29 is 14.2 Å². The smallest absolute Gasteiger partial charge is 0.330 e. The van der Waals surface area contributed by atoms with E-state index in [9.17, 15) is 9.59 Å². The number of terminal acetylenes is 1. The summed E-state index contributed by atoms with van der Waals surface area (Å²) < 4.78 is 5.80. The van der Waals surface area contributed by atoms with E-state index in [1.54, 1.807) is 14.4 Å². The van der Waals surface area contributed by atoms with Gasteiger partial charge >= 0.3 is 7.48 Å². The number of piperidine rings is 1. The fourth-order valence-corrected chi connectivity index (χ4v) is 4.70. The molecule has 7 heteroatoms. The van der Waals surface area contributed by atoms with E-state index in [4.69, 9.17) is 11.1 Å². The summed E-state index contributed by atoms with van der Waals surface area (Å²) in [5, 5.41) is 0. The minimum atomic E-state index is -0.602. The first-order valence-electron chi connectivity index (χ1n) is 12.8. The van der Waals surface area contributed by atoms with Gasteiger partial charge in [-0.3, -0.25) is 9.59 Å². The summed E-state index contributed by atoms with van der Waals surface area (Å²) in [5.41, 5.74) is 1.76. The van der Waals surface area contributed by atoms with E-state index in [1.807, 2.05) is 63.5 Å². The lowest BCUT2D eigenvalue weighted by Crippen LogP contribution is -2.51. The number of amides is 2. The molecule has 0 aliphatic carbocycles. The van der Waals surface area contributed by atoms with Crippen molar-refractivity contribution in [2.75, 3.05) is 18.0 Å². The molecule has 0 aromatic heterocycles. The molecule has 1 atom stereocenters. The summed E-state index contributed by atoms with van der Waals surface area (Å²) in [6.07, 6.45) is 8.19. The van der Waals surface area contributed by atoms with E-state index in [-0.39, 0.29) is 22.6 Å². The quantitative estimate of drug-likeness (QED) is 0.343. The number of nitrogens with zero attached hydrogens (tertiary/aromatic N) is 2. The average molecular weight is 498 g/mol. The highest BCUT2D eigenvalue weighted by molar-refractivity contribution is 7.81. The minimum absolute atomic E-state index is 0.0583. The number of carbonyl (C=O) groups excluding carboxylic acids is 2. The van der Waals surface area contributed by atoms with E-state index in [0.717, 1.165) is 23.1 Å². The molecule has 191 valence electrons.